The van der Waals surface area contributed by atoms with Crippen molar-refractivity contribution >= 4 is 17.9 Å². The fourth-order valence-electron chi connectivity index (χ4n) is 5.39. The van der Waals surface area contributed by atoms with Crippen molar-refractivity contribution < 1.29 is 33.2 Å². The van der Waals surface area contributed by atoms with Crippen LogP contribution in [0.1, 0.15) is 24.0 Å². The second kappa shape index (κ2) is 15.2. The van der Waals surface area contributed by atoms with Gasteiger partial charge < -0.3 is 28.4 Å². The van der Waals surface area contributed by atoms with Gasteiger partial charge in [-0.15, -0.1) is 0 Å². The van der Waals surface area contributed by atoms with Gasteiger partial charge in [0.2, 0.25) is 0 Å². The molecule has 0 spiro atoms. The van der Waals surface area contributed by atoms with E-state index in [2.05, 4.69) is 9.80 Å². The lowest BCUT2D eigenvalue weighted by molar-refractivity contribution is -0.111. The van der Waals surface area contributed by atoms with Crippen LogP contribution in [-0.2, 0) is 14.3 Å². The smallest absolute Gasteiger partial charge is 0.185 e. The van der Waals surface area contributed by atoms with E-state index in [0.717, 1.165) is 88.0 Å². The third-order valence-corrected chi connectivity index (χ3v) is 7.84. The summed E-state index contributed by atoms with van der Waals surface area (Å²) in [5, 5.41) is 0. The first-order valence-corrected chi connectivity index (χ1v) is 14.8. The maximum Gasteiger partial charge on any atom is 0.185 e. The molecule has 1 aliphatic carbocycles. The predicted molar refractivity (Wildman–Crippen MR) is 162 cm³/mol. The molecule has 2 saturated heterocycles. The Bertz CT molecular complexity index is 1170. The zero-order chi connectivity index (χ0) is 29.1. The lowest BCUT2D eigenvalue weighted by atomic mass is 10.1. The third kappa shape index (κ3) is 8.13. The average molecular weight is 579 g/mol. The molecule has 2 aliphatic heterocycles. The van der Waals surface area contributed by atoms with Crippen LogP contribution in [0.2, 0.25) is 0 Å². The van der Waals surface area contributed by atoms with Crippen LogP contribution in [0, 0.1) is 0 Å². The van der Waals surface area contributed by atoms with Gasteiger partial charge in [0.15, 0.2) is 28.8 Å². The number of carbonyl (C=O) groups is 1. The van der Waals surface area contributed by atoms with E-state index in [9.17, 15) is 4.79 Å². The topological polar surface area (TPSA) is 78.9 Å². The number of allylic oxidation sites excluding steroid dienone is 2. The fraction of sp³-hybridized carbons (Fsp3) is 0.485. The van der Waals surface area contributed by atoms with Crippen molar-refractivity contribution in [2.24, 2.45) is 0 Å². The summed E-state index contributed by atoms with van der Waals surface area (Å²) in [6.07, 6.45) is 5.31. The Morgan fingerprint density at radius 1 is 0.667 bits per heavy atom. The average Bonchev–Trinajstić information content (AvgIpc) is 3.37. The highest BCUT2D eigenvalue weighted by Crippen LogP contribution is 2.34. The van der Waals surface area contributed by atoms with Gasteiger partial charge >= 0.3 is 0 Å². The van der Waals surface area contributed by atoms with E-state index in [-0.39, 0.29) is 5.78 Å². The molecule has 42 heavy (non-hydrogen) atoms. The Balaban J connectivity index is 1.18. The zero-order valence-electron chi connectivity index (χ0n) is 24.8. The Labute approximate surface area is 248 Å². The summed E-state index contributed by atoms with van der Waals surface area (Å²) in [4.78, 5) is 17.9. The van der Waals surface area contributed by atoms with Crippen molar-refractivity contribution in [1.82, 2.24) is 9.80 Å². The van der Waals surface area contributed by atoms with Gasteiger partial charge in [0.25, 0.3) is 0 Å². The lowest BCUT2D eigenvalue weighted by Crippen LogP contribution is -2.38. The maximum absolute atomic E-state index is 13.3. The summed E-state index contributed by atoms with van der Waals surface area (Å²) in [6.45, 7) is 9.66. The first kappa shape index (κ1) is 30.1. The summed E-state index contributed by atoms with van der Waals surface area (Å²) in [7, 11) is 3.27. The molecular formula is C33H42N2O7. The molecule has 0 unspecified atom stereocenters. The summed E-state index contributed by atoms with van der Waals surface area (Å²) >= 11 is 0. The normalized spacial score (nSPS) is 20.3. The van der Waals surface area contributed by atoms with E-state index < -0.39 is 0 Å². The van der Waals surface area contributed by atoms with Crippen LogP contribution >= 0.6 is 0 Å². The number of carbonyl (C=O) groups excluding carboxylic acids is 1. The molecule has 1 saturated carbocycles. The molecule has 2 heterocycles. The minimum Gasteiger partial charge on any atom is -0.493 e. The highest BCUT2D eigenvalue weighted by Gasteiger charge is 2.23. The van der Waals surface area contributed by atoms with E-state index in [0.29, 0.717) is 49.1 Å². The Morgan fingerprint density at radius 2 is 1.10 bits per heavy atom. The van der Waals surface area contributed by atoms with Crippen LogP contribution in [-0.4, -0.2) is 109 Å². The molecule has 0 radical (unpaired) electrons. The number of Topliss-reactive ketones (excluding diaryl/α,β-unsaturated/α-hetero) is 1. The van der Waals surface area contributed by atoms with E-state index in [4.69, 9.17) is 28.4 Å². The van der Waals surface area contributed by atoms with Gasteiger partial charge in [-0.1, -0.05) is 12.1 Å². The minimum absolute atomic E-state index is 0.0737. The largest absolute Gasteiger partial charge is 0.493 e. The fourth-order valence-corrected chi connectivity index (χ4v) is 5.39. The number of methoxy groups -OCH3 is 2. The van der Waals surface area contributed by atoms with Crippen LogP contribution in [0.3, 0.4) is 0 Å². The van der Waals surface area contributed by atoms with Crippen molar-refractivity contribution in [1.29, 1.82) is 0 Å². The van der Waals surface area contributed by atoms with E-state index >= 15 is 0 Å². The number of hydrogen-bond donors (Lipinski definition) is 0. The zero-order valence-corrected chi connectivity index (χ0v) is 24.8. The molecule has 0 atom stereocenters. The molecule has 226 valence electrons. The Hall–Kier alpha value is -3.37. The van der Waals surface area contributed by atoms with Gasteiger partial charge in [-0.3, -0.25) is 14.6 Å². The summed E-state index contributed by atoms with van der Waals surface area (Å²) in [5.74, 6) is 2.80. The van der Waals surface area contributed by atoms with E-state index in [1.165, 1.54) is 0 Å². The molecule has 9 nitrogen and oxygen atoms in total. The van der Waals surface area contributed by atoms with E-state index in [1.54, 1.807) is 14.2 Å². The van der Waals surface area contributed by atoms with Crippen LogP contribution in [0.15, 0.2) is 47.5 Å². The first-order valence-electron chi connectivity index (χ1n) is 14.8. The molecule has 0 N–H and O–H groups in total. The number of hydrogen-bond acceptors (Lipinski definition) is 9. The maximum atomic E-state index is 13.3. The van der Waals surface area contributed by atoms with Gasteiger partial charge in [-0.05, 0) is 60.4 Å². The van der Waals surface area contributed by atoms with Crippen LogP contribution in [0.4, 0.5) is 0 Å². The number of morpholine rings is 2. The summed E-state index contributed by atoms with van der Waals surface area (Å²) in [5.41, 5.74) is 3.41. The summed E-state index contributed by atoms with van der Waals surface area (Å²) in [6, 6.07) is 11.6. The molecule has 0 aromatic heterocycles. The molecule has 9 heteroatoms. The summed E-state index contributed by atoms with van der Waals surface area (Å²) < 4.78 is 34.0. The van der Waals surface area contributed by atoms with Gasteiger partial charge in [-0.2, -0.15) is 0 Å². The highest BCUT2D eigenvalue weighted by molar-refractivity contribution is 6.15. The number of rotatable bonds is 12. The molecule has 5 rings (SSSR count). The van der Waals surface area contributed by atoms with Gasteiger partial charge in [-0.25, -0.2) is 0 Å². The van der Waals surface area contributed by atoms with Crippen molar-refractivity contribution in [3.63, 3.8) is 0 Å². The number of nitrogens with zero attached hydrogens (tertiary/aromatic N) is 2. The van der Waals surface area contributed by atoms with Crippen LogP contribution in [0.25, 0.3) is 12.2 Å². The van der Waals surface area contributed by atoms with Gasteiger partial charge in [0.1, 0.15) is 13.2 Å². The lowest BCUT2D eigenvalue weighted by Gasteiger charge is -2.26. The van der Waals surface area contributed by atoms with Crippen molar-refractivity contribution in [2.75, 3.05) is 93.1 Å². The Morgan fingerprint density at radius 3 is 1.50 bits per heavy atom. The Kier molecular flexibility index (Phi) is 10.9. The van der Waals surface area contributed by atoms with Crippen molar-refractivity contribution in [2.45, 2.75) is 12.8 Å². The quantitative estimate of drug-likeness (QED) is 0.348. The van der Waals surface area contributed by atoms with E-state index in [1.807, 2.05) is 48.6 Å². The predicted octanol–water partition coefficient (Wildman–Crippen LogP) is 3.96. The standard InChI is InChI=1S/C33H42N2O7/c1-37-31-23-25(3-7-29(31)41-19-13-34-9-15-39-16-10-34)21-27-5-6-28(33(27)36)22-26-4-8-30(32(24-26)38-2)42-20-14-35-11-17-40-18-12-35/h3-4,7-8,21-24H,5-6,9-20H2,1-2H3/b27-21+,28-22+. The van der Waals surface area contributed by atoms with Gasteiger partial charge in [0.05, 0.1) is 40.6 Å². The number of ketones is 1. The number of benzene rings is 2. The first-order chi connectivity index (χ1) is 20.6. The molecule has 0 amide bonds. The SMILES string of the molecule is COc1cc(/C=C2\CC/C(=C\c3ccc(OCCN4CCOCC4)c(OC)c3)C2=O)ccc1OCCN1CCOCC1. The third-order valence-electron chi connectivity index (χ3n) is 7.84. The van der Waals surface area contributed by atoms with Crippen LogP contribution in [0.5, 0.6) is 23.0 Å². The van der Waals surface area contributed by atoms with Crippen molar-refractivity contribution in [3.05, 3.63) is 58.7 Å². The monoisotopic (exact) mass is 578 g/mol. The molecule has 2 aromatic carbocycles. The molecule has 2 aromatic rings. The molecule has 0 bridgehead atoms. The van der Waals surface area contributed by atoms with Crippen molar-refractivity contribution in [3.8, 4) is 23.0 Å². The second-order valence-corrected chi connectivity index (χ2v) is 10.6. The molecule has 3 fully saturated rings. The minimum atomic E-state index is 0.0737. The van der Waals surface area contributed by atoms with Gasteiger partial charge in [0, 0.05) is 50.4 Å². The highest BCUT2D eigenvalue weighted by atomic mass is 16.5. The molecule has 3 aliphatic rings. The van der Waals surface area contributed by atoms with Crippen LogP contribution < -0.4 is 18.9 Å². The number of ether oxygens (including phenoxy) is 6. The molecular weight excluding hydrogens is 536 g/mol. The second-order valence-electron chi connectivity index (χ2n) is 10.6.